The van der Waals surface area contributed by atoms with Crippen LogP contribution in [0.1, 0.15) is 37.4 Å². The molecule has 3 N–H and O–H groups in total. The van der Waals surface area contributed by atoms with Crippen molar-refractivity contribution >= 4 is 47.2 Å². The number of benzene rings is 1. The second-order valence-corrected chi connectivity index (χ2v) is 8.48. The molecule has 30 heavy (non-hydrogen) atoms. The first kappa shape index (κ1) is 24.6. The van der Waals surface area contributed by atoms with Gasteiger partial charge in [0, 0.05) is 50.0 Å². The number of nitrogens with zero attached hydrogens (tertiary/aromatic N) is 3. The summed E-state index contributed by atoms with van der Waals surface area (Å²) in [6.07, 6.45) is 3.39. The van der Waals surface area contributed by atoms with Gasteiger partial charge in [-0.05, 0) is 32.6 Å². The number of carbonyl (C=O) groups excluding carboxylic acids is 1. The monoisotopic (exact) mass is 541 g/mol. The molecule has 0 radical (unpaired) electrons. The van der Waals surface area contributed by atoms with Crippen LogP contribution in [0, 0.1) is 12.8 Å². The van der Waals surface area contributed by atoms with Crippen LogP contribution in [0.5, 0.6) is 0 Å². The highest BCUT2D eigenvalue weighted by Crippen LogP contribution is 2.24. The third kappa shape index (κ3) is 7.23. The van der Waals surface area contributed by atoms with Crippen molar-refractivity contribution in [2.45, 2.75) is 39.5 Å². The fourth-order valence-electron chi connectivity index (χ4n) is 3.66. The fourth-order valence-corrected chi connectivity index (χ4v) is 4.52. The first-order chi connectivity index (χ1) is 14.0. The number of nitrogens with two attached hydrogens (primary N) is 1. The van der Waals surface area contributed by atoms with Crippen LogP contribution < -0.4 is 11.1 Å². The van der Waals surface area contributed by atoms with Gasteiger partial charge in [-0.15, -0.1) is 35.3 Å². The summed E-state index contributed by atoms with van der Waals surface area (Å²) in [7, 11) is 0. The lowest BCUT2D eigenvalue weighted by atomic mass is 9.95. The first-order valence-corrected chi connectivity index (χ1v) is 11.3. The number of hydrogen-bond donors (Lipinski definition) is 2. The molecule has 1 fully saturated rings. The molecule has 164 valence electrons. The number of carbonyl (C=O) groups is 1. The molecule has 6 nitrogen and oxygen atoms in total. The molecule has 1 unspecified atom stereocenters. The molecule has 3 rings (SSSR count). The first-order valence-electron chi connectivity index (χ1n) is 10.4. The van der Waals surface area contributed by atoms with Crippen LogP contribution in [-0.2, 0) is 11.2 Å². The Morgan fingerprint density at radius 1 is 1.37 bits per heavy atom. The number of nitrogens with one attached hydrogen (secondary N) is 1. The van der Waals surface area contributed by atoms with Crippen LogP contribution in [-0.4, -0.2) is 47.9 Å². The predicted octanol–water partition coefficient (Wildman–Crippen LogP) is 3.83. The third-order valence-corrected chi connectivity index (χ3v) is 6.06. The zero-order chi connectivity index (χ0) is 20.6. The van der Waals surface area contributed by atoms with Gasteiger partial charge in [0.25, 0.3) is 0 Å². The van der Waals surface area contributed by atoms with Crippen LogP contribution >= 0.6 is 35.3 Å². The van der Waals surface area contributed by atoms with Gasteiger partial charge in [-0.1, -0.05) is 29.8 Å². The van der Waals surface area contributed by atoms with Crippen molar-refractivity contribution in [1.82, 2.24) is 15.2 Å². The smallest absolute Gasteiger partial charge is 0.217 e. The molecular formula is C22H32IN5OS. The molecule has 1 aromatic heterocycles. The Labute approximate surface area is 200 Å². The summed E-state index contributed by atoms with van der Waals surface area (Å²) >= 11 is 1.68. The van der Waals surface area contributed by atoms with E-state index in [2.05, 4.69) is 53.7 Å². The van der Waals surface area contributed by atoms with Gasteiger partial charge in [-0.2, -0.15) is 0 Å². The van der Waals surface area contributed by atoms with Crippen LogP contribution in [0.4, 0.5) is 0 Å². The minimum Gasteiger partial charge on any atom is -0.370 e. The lowest BCUT2D eigenvalue weighted by Crippen LogP contribution is -2.47. The normalized spacial score (nSPS) is 16.8. The highest BCUT2D eigenvalue weighted by Gasteiger charge is 2.23. The number of hydrogen-bond acceptors (Lipinski definition) is 4. The molecule has 1 aliphatic rings. The number of amides is 1. The maximum Gasteiger partial charge on any atom is 0.217 e. The minimum absolute atomic E-state index is 0. The number of thiazole rings is 1. The van der Waals surface area contributed by atoms with Crippen LogP contribution in [0.3, 0.4) is 0 Å². The summed E-state index contributed by atoms with van der Waals surface area (Å²) in [6, 6.07) is 8.48. The van der Waals surface area contributed by atoms with Crippen molar-refractivity contribution in [2.24, 2.45) is 16.6 Å². The maximum absolute atomic E-state index is 11.3. The Kier molecular flexibility index (Phi) is 10.0. The van der Waals surface area contributed by atoms with Crippen LogP contribution in [0.15, 0.2) is 34.6 Å². The van der Waals surface area contributed by atoms with Gasteiger partial charge in [0.2, 0.25) is 5.91 Å². The zero-order valence-corrected chi connectivity index (χ0v) is 20.9. The van der Waals surface area contributed by atoms with Gasteiger partial charge in [0.15, 0.2) is 5.96 Å². The van der Waals surface area contributed by atoms with Crippen molar-refractivity contribution in [3.8, 4) is 10.6 Å². The van der Waals surface area contributed by atoms with Crippen molar-refractivity contribution < 1.29 is 4.79 Å². The average Bonchev–Trinajstić information content (AvgIpc) is 3.16. The molecule has 1 saturated heterocycles. The van der Waals surface area contributed by atoms with Crippen LogP contribution in [0.2, 0.25) is 0 Å². The summed E-state index contributed by atoms with van der Waals surface area (Å²) in [5.41, 5.74) is 8.89. The molecule has 2 heterocycles. The van der Waals surface area contributed by atoms with E-state index in [1.807, 2.05) is 0 Å². The van der Waals surface area contributed by atoms with Gasteiger partial charge in [-0.25, -0.2) is 4.98 Å². The molecule has 0 bridgehead atoms. The van der Waals surface area contributed by atoms with Crippen molar-refractivity contribution in [2.75, 3.05) is 26.2 Å². The summed E-state index contributed by atoms with van der Waals surface area (Å²) in [5, 5.41) is 6.57. The highest BCUT2D eigenvalue weighted by molar-refractivity contribution is 14.0. The number of aromatic nitrogens is 1. The van der Waals surface area contributed by atoms with Crippen molar-refractivity contribution in [3.05, 3.63) is 40.9 Å². The van der Waals surface area contributed by atoms with Crippen molar-refractivity contribution in [1.29, 1.82) is 0 Å². The summed E-state index contributed by atoms with van der Waals surface area (Å²) in [4.78, 5) is 23.1. The largest absolute Gasteiger partial charge is 0.370 e. The minimum atomic E-state index is -0.216. The van der Waals surface area contributed by atoms with E-state index in [0.717, 1.165) is 61.1 Å². The summed E-state index contributed by atoms with van der Waals surface area (Å²) in [6.45, 7) is 7.49. The number of piperidine rings is 1. The van der Waals surface area contributed by atoms with E-state index in [1.165, 1.54) is 5.56 Å². The second kappa shape index (κ2) is 12.2. The average molecular weight is 542 g/mol. The molecule has 1 aliphatic heterocycles. The van der Waals surface area contributed by atoms with E-state index in [4.69, 9.17) is 15.7 Å². The Morgan fingerprint density at radius 2 is 2.13 bits per heavy atom. The Balaban J connectivity index is 0.00000320. The third-order valence-electron chi connectivity index (χ3n) is 5.12. The fraction of sp³-hybridized carbons (Fsp3) is 0.500. The molecule has 2 aromatic rings. The standard InChI is InChI=1S/C22H31N5OS.HI/c1-3-24-22(27-12-4-5-17(14-27)13-20(23)28)25-11-10-19-15-29-21(26-19)18-8-6-16(2)7-9-18;/h6-9,15,17H,3-5,10-14H2,1-2H3,(H2,23,28)(H,24,25);1H. The topological polar surface area (TPSA) is 83.6 Å². The SMILES string of the molecule is CCNC(=NCCc1csc(-c2ccc(C)cc2)n1)N1CCCC(CC(N)=O)C1.I. The molecule has 0 aliphatic carbocycles. The van der Waals surface area contributed by atoms with Crippen LogP contribution in [0.25, 0.3) is 10.6 Å². The zero-order valence-electron chi connectivity index (χ0n) is 17.8. The van der Waals surface area contributed by atoms with E-state index in [1.54, 1.807) is 11.3 Å². The maximum atomic E-state index is 11.3. The van der Waals surface area contributed by atoms with Gasteiger partial charge in [0.1, 0.15) is 5.01 Å². The van der Waals surface area contributed by atoms with Gasteiger partial charge in [-0.3, -0.25) is 9.79 Å². The Morgan fingerprint density at radius 3 is 2.83 bits per heavy atom. The number of aryl methyl sites for hydroxylation is 1. The second-order valence-electron chi connectivity index (χ2n) is 7.62. The number of halogens is 1. The Bertz CT molecular complexity index is 836. The quantitative estimate of drug-likeness (QED) is 0.317. The molecule has 0 saturated carbocycles. The van der Waals surface area contributed by atoms with Gasteiger partial charge < -0.3 is 16.0 Å². The van der Waals surface area contributed by atoms with E-state index in [9.17, 15) is 4.79 Å². The summed E-state index contributed by atoms with van der Waals surface area (Å²) in [5.74, 6) is 1.03. The van der Waals surface area contributed by atoms with E-state index >= 15 is 0 Å². The van der Waals surface area contributed by atoms with Gasteiger partial charge in [0.05, 0.1) is 5.69 Å². The highest BCUT2D eigenvalue weighted by atomic mass is 127. The number of likely N-dealkylation sites (tertiary alicyclic amines) is 1. The number of guanidine groups is 1. The molecule has 0 spiro atoms. The molecular weight excluding hydrogens is 509 g/mol. The van der Waals surface area contributed by atoms with E-state index in [0.29, 0.717) is 18.9 Å². The molecule has 1 amide bonds. The summed E-state index contributed by atoms with van der Waals surface area (Å²) < 4.78 is 0. The van der Waals surface area contributed by atoms with E-state index < -0.39 is 0 Å². The lowest BCUT2D eigenvalue weighted by Gasteiger charge is -2.34. The number of rotatable bonds is 7. The lowest BCUT2D eigenvalue weighted by molar-refractivity contribution is -0.119. The molecule has 8 heteroatoms. The molecule has 1 aromatic carbocycles. The predicted molar refractivity (Wildman–Crippen MR) is 135 cm³/mol. The number of aliphatic imine (C=N–C) groups is 1. The van der Waals surface area contributed by atoms with E-state index in [-0.39, 0.29) is 29.9 Å². The van der Waals surface area contributed by atoms with Crippen molar-refractivity contribution in [3.63, 3.8) is 0 Å². The molecule has 1 atom stereocenters. The van der Waals surface area contributed by atoms with Gasteiger partial charge >= 0.3 is 0 Å². The Hall–Kier alpha value is -1.68. The number of primary amides is 1.